The zero-order chi connectivity index (χ0) is 40.3. The lowest BCUT2D eigenvalue weighted by molar-refractivity contribution is 0.674. The van der Waals surface area contributed by atoms with E-state index in [0.29, 0.717) is 0 Å². The number of benzene rings is 10. The Kier molecular flexibility index (Phi) is 8.11. The standard InChI is InChI=1S/C59H39NO/c1-5-18-40(19-6-1)53-39-54-52-30-17-29-47(57(52)61-58(54)51-28-14-13-26-48(51)53)41-32-34-45(35-33-41)60(44-24-11-4-12-25-44)46-36-37-50-49-27-15-16-31-55(49)59(56(50)38-46,42-20-7-2-8-21-42)43-22-9-3-10-23-43/h1-39H. The van der Waals surface area contributed by atoms with Crippen LogP contribution in [-0.2, 0) is 5.41 Å². The molecule has 1 heterocycles. The van der Waals surface area contributed by atoms with Gasteiger partial charge in [-0.15, -0.1) is 0 Å². The number of rotatable bonds is 7. The normalized spacial score (nSPS) is 12.7. The van der Waals surface area contributed by atoms with Gasteiger partial charge in [-0.3, -0.25) is 0 Å². The largest absolute Gasteiger partial charge is 0.455 e. The molecule has 11 aromatic rings. The lowest BCUT2D eigenvalue weighted by Crippen LogP contribution is -2.28. The Balaban J connectivity index is 1.01. The van der Waals surface area contributed by atoms with Crippen molar-refractivity contribution in [3.05, 3.63) is 259 Å². The molecule has 10 aromatic carbocycles. The van der Waals surface area contributed by atoms with Gasteiger partial charge >= 0.3 is 0 Å². The van der Waals surface area contributed by atoms with Crippen LogP contribution in [0.1, 0.15) is 22.3 Å². The van der Waals surface area contributed by atoms with Gasteiger partial charge in [0.2, 0.25) is 0 Å². The molecule has 1 aliphatic carbocycles. The molecule has 1 aromatic heterocycles. The van der Waals surface area contributed by atoms with Gasteiger partial charge in [0, 0.05) is 38.8 Å². The Labute approximate surface area is 355 Å². The SMILES string of the molecule is c1ccc(-c2cc3c4cccc(-c5ccc(N(c6ccccc6)c6ccc7c(c6)C(c6ccccc6)(c6ccccc6)c6ccccc6-7)cc5)c4oc3c3ccccc23)cc1. The summed E-state index contributed by atoms with van der Waals surface area (Å²) in [7, 11) is 0. The molecule has 0 amide bonds. The van der Waals surface area contributed by atoms with Gasteiger partial charge in [-0.25, -0.2) is 0 Å². The molecule has 0 atom stereocenters. The molecule has 0 saturated carbocycles. The van der Waals surface area contributed by atoms with Crippen molar-refractivity contribution in [2.24, 2.45) is 0 Å². The first-order valence-corrected chi connectivity index (χ1v) is 21.0. The molecule has 0 N–H and O–H groups in total. The summed E-state index contributed by atoms with van der Waals surface area (Å²) >= 11 is 0. The van der Waals surface area contributed by atoms with Crippen LogP contribution in [-0.4, -0.2) is 0 Å². The van der Waals surface area contributed by atoms with Gasteiger partial charge in [-0.2, -0.15) is 0 Å². The predicted octanol–water partition coefficient (Wildman–Crippen LogP) is 15.9. The fourth-order valence-corrected chi connectivity index (χ4v) is 10.1. The van der Waals surface area contributed by atoms with Gasteiger partial charge in [-0.05, 0) is 97.9 Å². The van der Waals surface area contributed by atoms with Crippen LogP contribution >= 0.6 is 0 Å². The van der Waals surface area contributed by atoms with Gasteiger partial charge < -0.3 is 9.32 Å². The summed E-state index contributed by atoms with van der Waals surface area (Å²) in [6, 6.07) is 85.8. The number of furan rings is 1. The summed E-state index contributed by atoms with van der Waals surface area (Å²) in [4.78, 5) is 2.38. The first-order chi connectivity index (χ1) is 30.3. The van der Waals surface area contributed by atoms with E-state index in [1.807, 2.05) is 0 Å². The molecule has 0 radical (unpaired) electrons. The van der Waals surface area contributed by atoms with Crippen molar-refractivity contribution in [3.63, 3.8) is 0 Å². The lowest BCUT2D eigenvalue weighted by atomic mass is 9.67. The number of para-hydroxylation sites is 2. The molecule has 0 bridgehead atoms. The van der Waals surface area contributed by atoms with Crippen molar-refractivity contribution in [1.82, 2.24) is 0 Å². The first-order valence-electron chi connectivity index (χ1n) is 21.0. The second kappa shape index (κ2) is 14.1. The third kappa shape index (κ3) is 5.43. The summed E-state index contributed by atoms with van der Waals surface area (Å²) in [5.74, 6) is 0. The van der Waals surface area contributed by atoms with E-state index in [-0.39, 0.29) is 0 Å². The summed E-state index contributed by atoms with van der Waals surface area (Å²) < 4.78 is 6.91. The van der Waals surface area contributed by atoms with Gasteiger partial charge in [0.15, 0.2) is 0 Å². The van der Waals surface area contributed by atoms with E-state index in [2.05, 4.69) is 241 Å². The van der Waals surface area contributed by atoms with Crippen molar-refractivity contribution >= 4 is 49.8 Å². The molecule has 0 unspecified atom stereocenters. The van der Waals surface area contributed by atoms with Gasteiger partial charge in [0.1, 0.15) is 11.2 Å². The number of hydrogen-bond donors (Lipinski definition) is 0. The molecule has 0 saturated heterocycles. The van der Waals surface area contributed by atoms with E-state index in [0.717, 1.165) is 55.5 Å². The van der Waals surface area contributed by atoms with Crippen molar-refractivity contribution in [2.75, 3.05) is 4.90 Å². The van der Waals surface area contributed by atoms with E-state index < -0.39 is 5.41 Å². The van der Waals surface area contributed by atoms with E-state index >= 15 is 0 Å². The minimum absolute atomic E-state index is 0.491. The van der Waals surface area contributed by atoms with Crippen LogP contribution in [0.3, 0.4) is 0 Å². The second-order valence-electron chi connectivity index (χ2n) is 16.0. The quantitative estimate of drug-likeness (QED) is 0.160. The molecule has 2 heteroatoms. The monoisotopic (exact) mass is 777 g/mol. The molecule has 286 valence electrons. The molecule has 0 fully saturated rings. The number of fused-ring (bicyclic) bond motifs is 8. The summed E-state index contributed by atoms with van der Waals surface area (Å²) in [6.07, 6.45) is 0. The molecule has 2 nitrogen and oxygen atoms in total. The average Bonchev–Trinajstić information content (AvgIpc) is 3.87. The second-order valence-corrected chi connectivity index (χ2v) is 16.0. The molecule has 12 rings (SSSR count). The van der Waals surface area contributed by atoms with Crippen LogP contribution < -0.4 is 4.90 Å². The smallest absolute Gasteiger partial charge is 0.143 e. The van der Waals surface area contributed by atoms with Crippen molar-refractivity contribution in [3.8, 4) is 33.4 Å². The van der Waals surface area contributed by atoms with Crippen LogP contribution in [0.5, 0.6) is 0 Å². The highest BCUT2D eigenvalue weighted by molar-refractivity contribution is 6.20. The van der Waals surface area contributed by atoms with Crippen LogP contribution in [0.15, 0.2) is 241 Å². The number of nitrogens with zero attached hydrogens (tertiary/aromatic N) is 1. The van der Waals surface area contributed by atoms with Crippen LogP contribution in [0.2, 0.25) is 0 Å². The molecular weight excluding hydrogens is 739 g/mol. The third-order valence-electron chi connectivity index (χ3n) is 12.7. The molecule has 1 aliphatic rings. The Hall–Kier alpha value is -7.94. The topological polar surface area (TPSA) is 16.4 Å². The highest BCUT2D eigenvalue weighted by Gasteiger charge is 2.46. The third-order valence-corrected chi connectivity index (χ3v) is 12.7. The van der Waals surface area contributed by atoms with E-state index in [9.17, 15) is 0 Å². The summed E-state index contributed by atoms with van der Waals surface area (Å²) in [6.45, 7) is 0. The van der Waals surface area contributed by atoms with Crippen molar-refractivity contribution in [1.29, 1.82) is 0 Å². The fourth-order valence-electron chi connectivity index (χ4n) is 10.1. The molecule has 0 aliphatic heterocycles. The maximum absolute atomic E-state index is 6.91. The van der Waals surface area contributed by atoms with Crippen molar-refractivity contribution in [2.45, 2.75) is 5.41 Å². The zero-order valence-electron chi connectivity index (χ0n) is 33.4. The molecular formula is C59H39NO. The van der Waals surface area contributed by atoms with Crippen molar-refractivity contribution < 1.29 is 4.42 Å². The first kappa shape index (κ1) is 35.0. The highest BCUT2D eigenvalue weighted by Crippen LogP contribution is 2.57. The Morgan fingerprint density at radius 2 is 0.803 bits per heavy atom. The minimum atomic E-state index is -0.491. The van der Waals surface area contributed by atoms with E-state index in [4.69, 9.17) is 4.42 Å². The fraction of sp³-hybridized carbons (Fsp3) is 0.0169. The Bertz CT molecular complexity index is 3350. The van der Waals surface area contributed by atoms with Gasteiger partial charge in [0.05, 0.1) is 5.41 Å². The number of anilines is 3. The number of hydrogen-bond acceptors (Lipinski definition) is 2. The van der Waals surface area contributed by atoms with Crippen LogP contribution in [0.25, 0.3) is 66.1 Å². The highest BCUT2D eigenvalue weighted by atomic mass is 16.3. The Morgan fingerprint density at radius 3 is 1.52 bits per heavy atom. The molecule has 61 heavy (non-hydrogen) atoms. The predicted molar refractivity (Wildman–Crippen MR) is 254 cm³/mol. The van der Waals surface area contributed by atoms with Crippen LogP contribution in [0, 0.1) is 0 Å². The van der Waals surface area contributed by atoms with Gasteiger partial charge in [-0.1, -0.05) is 194 Å². The maximum atomic E-state index is 6.91. The Morgan fingerprint density at radius 1 is 0.295 bits per heavy atom. The zero-order valence-corrected chi connectivity index (χ0v) is 33.4. The lowest BCUT2D eigenvalue weighted by Gasteiger charge is -2.35. The minimum Gasteiger partial charge on any atom is -0.455 e. The summed E-state index contributed by atoms with van der Waals surface area (Å²) in [5.41, 5.74) is 16.8. The average molecular weight is 778 g/mol. The van der Waals surface area contributed by atoms with E-state index in [1.165, 1.54) is 49.9 Å². The van der Waals surface area contributed by atoms with E-state index in [1.54, 1.807) is 0 Å². The van der Waals surface area contributed by atoms with Gasteiger partial charge in [0.25, 0.3) is 0 Å². The summed E-state index contributed by atoms with van der Waals surface area (Å²) in [5, 5.41) is 4.55. The van der Waals surface area contributed by atoms with Crippen LogP contribution in [0.4, 0.5) is 17.1 Å². The maximum Gasteiger partial charge on any atom is 0.143 e. The molecule has 0 spiro atoms.